The molecule has 4 N–H and O–H groups in total. The monoisotopic (exact) mass is 410 g/mol. The van der Waals surface area contributed by atoms with Crippen LogP contribution in [0.4, 0.5) is 11.4 Å². The van der Waals surface area contributed by atoms with Crippen LogP contribution >= 0.6 is 7.92 Å². The highest BCUT2D eigenvalue weighted by molar-refractivity contribution is 7.58. The summed E-state index contributed by atoms with van der Waals surface area (Å²) in [5, 5.41) is 25.3. The molecule has 0 bridgehead atoms. The molecule has 0 spiro atoms. The zero-order valence-corrected chi connectivity index (χ0v) is 16.7. The number of hydrogen-bond donors (Lipinski definition) is 4. The van der Waals surface area contributed by atoms with E-state index in [1.54, 1.807) is 36.4 Å². The number of carboxylic acids is 2. The summed E-state index contributed by atoms with van der Waals surface area (Å²) in [4.78, 5) is 22.9. The van der Waals surface area contributed by atoms with E-state index in [9.17, 15) is 19.8 Å². The first-order valence-electron chi connectivity index (χ1n) is 9.24. The molecule has 0 saturated carbocycles. The molecule has 0 unspecified atom stereocenters. The van der Waals surface area contributed by atoms with Crippen LogP contribution in [0, 0.1) is 0 Å². The number of para-hydroxylation sites is 2. The maximum absolute atomic E-state index is 11.4. The standard InChI is InChI=1S/C22H23N2O4P/c25-21(26)17-9-3-5-11-19(17)23-14-29(13-16-7-1-2-8-16)15-24-20-12-6-4-10-18(20)22(27)28/h1-7,9-12,23-24H,8,13-15H2,(H,25,26)(H,27,28). The number of rotatable bonds is 10. The van der Waals surface area contributed by atoms with Crippen LogP contribution in [0.15, 0.2) is 72.3 Å². The lowest BCUT2D eigenvalue weighted by molar-refractivity contribution is 0.0687. The summed E-state index contributed by atoms with van der Waals surface area (Å²) in [6, 6.07) is 13.7. The van der Waals surface area contributed by atoms with E-state index >= 15 is 0 Å². The van der Waals surface area contributed by atoms with Crippen molar-refractivity contribution < 1.29 is 19.8 Å². The van der Waals surface area contributed by atoms with Gasteiger partial charge in [0.1, 0.15) is 0 Å². The van der Waals surface area contributed by atoms with Gasteiger partial charge in [0.15, 0.2) is 0 Å². The fraction of sp³-hybridized carbons (Fsp3) is 0.182. The van der Waals surface area contributed by atoms with Gasteiger partial charge < -0.3 is 20.8 Å². The Hall–Kier alpha value is -3.11. The van der Waals surface area contributed by atoms with Crippen molar-refractivity contribution >= 4 is 31.2 Å². The summed E-state index contributed by atoms with van der Waals surface area (Å²) in [5.74, 6) is -1.93. The Kier molecular flexibility index (Phi) is 7.04. The SMILES string of the molecule is O=C(O)c1ccccc1NCP(CNc1ccccc1C(=O)O)CC1=CC=CC1. The largest absolute Gasteiger partial charge is 0.478 e. The molecule has 0 fully saturated rings. The van der Waals surface area contributed by atoms with Gasteiger partial charge in [0.05, 0.1) is 11.1 Å². The number of carboxylic acid groups (broad SMARTS) is 2. The van der Waals surface area contributed by atoms with Crippen molar-refractivity contribution in [1.82, 2.24) is 0 Å². The Morgan fingerprint density at radius 1 is 0.862 bits per heavy atom. The predicted molar refractivity (Wildman–Crippen MR) is 117 cm³/mol. The van der Waals surface area contributed by atoms with Gasteiger partial charge in [-0.25, -0.2) is 9.59 Å². The Morgan fingerprint density at radius 3 is 1.83 bits per heavy atom. The molecule has 0 radical (unpaired) electrons. The number of nitrogens with one attached hydrogen (secondary N) is 2. The molecular formula is C22H23N2O4P. The lowest BCUT2D eigenvalue weighted by Crippen LogP contribution is -2.13. The number of allylic oxidation sites excluding steroid dienone is 4. The van der Waals surface area contributed by atoms with Gasteiger partial charge in [-0.2, -0.15) is 0 Å². The van der Waals surface area contributed by atoms with Gasteiger partial charge in [-0.3, -0.25) is 0 Å². The van der Waals surface area contributed by atoms with Crippen LogP contribution in [-0.2, 0) is 0 Å². The van der Waals surface area contributed by atoms with Crippen LogP contribution in [-0.4, -0.2) is 40.9 Å². The van der Waals surface area contributed by atoms with Crippen LogP contribution in [0.25, 0.3) is 0 Å². The lowest BCUT2D eigenvalue weighted by Gasteiger charge is -2.22. The first kappa shape index (κ1) is 20.6. The number of anilines is 2. The van der Waals surface area contributed by atoms with Gasteiger partial charge in [0, 0.05) is 23.9 Å². The van der Waals surface area contributed by atoms with Gasteiger partial charge in [0.2, 0.25) is 0 Å². The Balaban J connectivity index is 1.70. The molecule has 2 aromatic rings. The minimum atomic E-state index is -0.964. The second-order valence-corrected chi connectivity index (χ2v) is 8.95. The minimum Gasteiger partial charge on any atom is -0.478 e. The second-order valence-electron chi connectivity index (χ2n) is 6.66. The third-order valence-electron chi connectivity index (χ3n) is 4.58. The Morgan fingerprint density at radius 2 is 1.38 bits per heavy atom. The smallest absolute Gasteiger partial charge is 0.337 e. The van der Waals surface area contributed by atoms with Crippen molar-refractivity contribution in [2.75, 3.05) is 29.4 Å². The van der Waals surface area contributed by atoms with Crippen LogP contribution in [0.5, 0.6) is 0 Å². The molecular weight excluding hydrogens is 387 g/mol. The Labute approximate surface area is 170 Å². The highest BCUT2D eigenvalue weighted by Crippen LogP contribution is 2.39. The van der Waals surface area contributed by atoms with Gasteiger partial charge in [-0.1, -0.05) is 56.0 Å². The second kappa shape index (κ2) is 9.89. The quantitative estimate of drug-likeness (QED) is 0.416. The number of carbonyl (C=O) groups is 2. The summed E-state index contributed by atoms with van der Waals surface area (Å²) < 4.78 is 0. The topological polar surface area (TPSA) is 98.7 Å². The summed E-state index contributed by atoms with van der Waals surface area (Å²) in [6.45, 7) is 0. The van der Waals surface area contributed by atoms with Crippen molar-refractivity contribution in [1.29, 1.82) is 0 Å². The molecule has 150 valence electrons. The molecule has 1 aliphatic rings. The van der Waals surface area contributed by atoms with Crippen molar-refractivity contribution in [3.63, 3.8) is 0 Å². The average Bonchev–Trinajstić information content (AvgIpc) is 3.23. The van der Waals surface area contributed by atoms with Crippen molar-refractivity contribution in [2.24, 2.45) is 0 Å². The van der Waals surface area contributed by atoms with Gasteiger partial charge in [-0.05, 0) is 36.8 Å². The fourth-order valence-corrected chi connectivity index (χ4v) is 5.04. The number of benzene rings is 2. The van der Waals surface area contributed by atoms with Crippen molar-refractivity contribution in [3.05, 3.63) is 83.5 Å². The van der Waals surface area contributed by atoms with Crippen molar-refractivity contribution in [2.45, 2.75) is 6.42 Å². The number of aromatic carboxylic acids is 2. The van der Waals surface area contributed by atoms with Crippen LogP contribution in [0.3, 0.4) is 0 Å². The molecule has 0 atom stereocenters. The molecule has 2 aromatic carbocycles. The van der Waals surface area contributed by atoms with E-state index in [1.807, 2.05) is 18.2 Å². The zero-order valence-electron chi connectivity index (χ0n) is 15.8. The fourth-order valence-electron chi connectivity index (χ4n) is 3.11. The summed E-state index contributed by atoms with van der Waals surface area (Å²) in [5.41, 5.74) is 3.01. The van der Waals surface area contributed by atoms with E-state index in [4.69, 9.17) is 0 Å². The average molecular weight is 410 g/mol. The zero-order chi connectivity index (χ0) is 20.6. The maximum atomic E-state index is 11.4. The normalized spacial score (nSPS) is 12.7. The van der Waals surface area contributed by atoms with Gasteiger partial charge >= 0.3 is 11.9 Å². The van der Waals surface area contributed by atoms with E-state index in [0.29, 0.717) is 23.9 Å². The molecule has 3 rings (SSSR count). The molecule has 1 aliphatic carbocycles. The minimum absolute atomic E-state index is 0.244. The van der Waals surface area contributed by atoms with E-state index in [1.165, 1.54) is 5.57 Å². The highest BCUT2D eigenvalue weighted by atomic mass is 31.1. The van der Waals surface area contributed by atoms with E-state index in [2.05, 4.69) is 22.8 Å². The van der Waals surface area contributed by atoms with E-state index < -0.39 is 19.9 Å². The molecule has 0 amide bonds. The lowest BCUT2D eigenvalue weighted by atomic mass is 10.2. The molecule has 29 heavy (non-hydrogen) atoms. The van der Waals surface area contributed by atoms with Gasteiger partial charge in [0.25, 0.3) is 0 Å². The molecule has 0 saturated heterocycles. The third-order valence-corrected chi connectivity index (χ3v) is 6.64. The van der Waals surface area contributed by atoms with Crippen molar-refractivity contribution in [3.8, 4) is 0 Å². The third kappa shape index (κ3) is 5.69. The molecule has 7 heteroatoms. The molecule has 6 nitrogen and oxygen atoms in total. The van der Waals surface area contributed by atoms with Crippen LogP contribution in [0.2, 0.25) is 0 Å². The highest BCUT2D eigenvalue weighted by Gasteiger charge is 2.16. The van der Waals surface area contributed by atoms with E-state index in [0.717, 1.165) is 12.6 Å². The molecule has 0 aliphatic heterocycles. The number of hydrogen-bond acceptors (Lipinski definition) is 4. The van der Waals surface area contributed by atoms with Crippen LogP contribution in [0.1, 0.15) is 27.1 Å². The maximum Gasteiger partial charge on any atom is 0.337 e. The Bertz CT molecular complexity index is 894. The first-order valence-corrected chi connectivity index (χ1v) is 11.1. The summed E-state index contributed by atoms with van der Waals surface area (Å²) >= 11 is 0. The molecule has 0 aromatic heterocycles. The summed E-state index contributed by atoms with van der Waals surface area (Å²) in [7, 11) is -0.599. The van der Waals surface area contributed by atoms with E-state index in [-0.39, 0.29) is 11.1 Å². The molecule has 0 heterocycles. The summed E-state index contributed by atoms with van der Waals surface area (Å²) in [6.07, 6.45) is 9.35. The predicted octanol–water partition coefficient (Wildman–Crippen LogP) is 4.89. The first-order chi connectivity index (χ1) is 14.0. The van der Waals surface area contributed by atoms with Gasteiger partial charge in [-0.15, -0.1) is 0 Å². The van der Waals surface area contributed by atoms with Crippen LogP contribution < -0.4 is 10.6 Å².